The minimum absolute atomic E-state index is 0.249. The van der Waals surface area contributed by atoms with E-state index < -0.39 is 10.0 Å². The average Bonchev–Trinajstić information content (AvgIpc) is 2.59. The molecule has 3 rings (SSSR count). The van der Waals surface area contributed by atoms with Gasteiger partial charge in [-0.25, -0.2) is 8.42 Å². The third-order valence-corrected chi connectivity index (χ3v) is 5.97. The smallest absolute Gasteiger partial charge is 0.261 e. The Morgan fingerprint density at radius 3 is 1.88 bits per heavy atom. The number of sulfonamides is 1. The van der Waals surface area contributed by atoms with Crippen LogP contribution in [-0.2, 0) is 10.0 Å². The van der Waals surface area contributed by atoms with Crippen LogP contribution in [0.5, 0.6) is 0 Å². The Labute approximate surface area is 152 Å². The summed E-state index contributed by atoms with van der Waals surface area (Å²) in [5, 5.41) is 0. The van der Waals surface area contributed by atoms with Gasteiger partial charge in [-0.1, -0.05) is 29.5 Å². The summed E-state index contributed by atoms with van der Waals surface area (Å²) in [5.41, 5.74) is 7.95. The summed E-state index contributed by atoms with van der Waals surface area (Å²) < 4.78 is 27.4. The number of hydrogen-bond acceptors (Lipinski definition) is 4. The van der Waals surface area contributed by atoms with Crippen LogP contribution < -0.4 is 10.5 Å². The van der Waals surface area contributed by atoms with Crippen LogP contribution in [0.2, 0.25) is 0 Å². The summed E-state index contributed by atoms with van der Waals surface area (Å²) in [6, 6.07) is 21.6. The number of hydrogen-bond donors (Lipinski definition) is 2. The van der Waals surface area contributed by atoms with Crippen molar-refractivity contribution in [3.63, 3.8) is 0 Å². The first kappa shape index (κ1) is 17.4. The second-order valence-electron chi connectivity index (χ2n) is 5.61. The molecule has 0 fully saturated rings. The molecule has 0 saturated heterocycles. The van der Waals surface area contributed by atoms with Gasteiger partial charge in [0.25, 0.3) is 10.0 Å². The zero-order valence-corrected chi connectivity index (χ0v) is 15.3. The van der Waals surface area contributed by atoms with Gasteiger partial charge >= 0.3 is 0 Å². The van der Waals surface area contributed by atoms with Gasteiger partial charge in [-0.15, -0.1) is 0 Å². The lowest BCUT2D eigenvalue weighted by molar-refractivity contribution is 0.601. The fraction of sp³-hybridized carbons (Fsp3) is 0.0526. The van der Waals surface area contributed by atoms with Crippen LogP contribution in [0.3, 0.4) is 0 Å². The van der Waals surface area contributed by atoms with Crippen molar-refractivity contribution in [3.05, 3.63) is 78.4 Å². The van der Waals surface area contributed by atoms with Crippen molar-refractivity contribution in [1.82, 2.24) is 0 Å². The molecule has 0 atom stereocenters. The highest BCUT2D eigenvalue weighted by atomic mass is 32.2. The molecule has 3 N–H and O–H groups in total. The number of nitrogens with two attached hydrogens (primary N) is 1. The minimum Gasteiger partial charge on any atom is -0.399 e. The summed E-state index contributed by atoms with van der Waals surface area (Å²) in [7, 11) is -3.58. The number of anilines is 2. The van der Waals surface area contributed by atoms with Crippen LogP contribution in [0.4, 0.5) is 11.4 Å². The second-order valence-corrected chi connectivity index (χ2v) is 8.44. The summed E-state index contributed by atoms with van der Waals surface area (Å²) in [6.45, 7) is 1.92. The Hall–Kier alpha value is -2.44. The largest absolute Gasteiger partial charge is 0.399 e. The molecule has 128 valence electrons. The molecule has 0 aliphatic carbocycles. The van der Waals surface area contributed by atoms with E-state index in [1.807, 2.05) is 43.3 Å². The van der Waals surface area contributed by atoms with E-state index in [1.165, 1.54) is 0 Å². The highest BCUT2D eigenvalue weighted by molar-refractivity contribution is 7.99. The number of aryl methyl sites for hydroxylation is 1. The van der Waals surface area contributed by atoms with Gasteiger partial charge < -0.3 is 5.73 Å². The van der Waals surface area contributed by atoms with E-state index >= 15 is 0 Å². The fourth-order valence-electron chi connectivity index (χ4n) is 2.19. The lowest BCUT2D eigenvalue weighted by Crippen LogP contribution is -2.12. The third-order valence-electron chi connectivity index (χ3n) is 3.55. The molecule has 3 aromatic rings. The molecular weight excluding hydrogens is 352 g/mol. The molecule has 3 aromatic carbocycles. The van der Waals surface area contributed by atoms with E-state index in [-0.39, 0.29) is 4.90 Å². The van der Waals surface area contributed by atoms with Crippen LogP contribution in [0.15, 0.2) is 87.5 Å². The molecule has 0 aliphatic heterocycles. The van der Waals surface area contributed by atoms with E-state index in [0.29, 0.717) is 5.69 Å². The topological polar surface area (TPSA) is 72.2 Å². The highest BCUT2D eigenvalue weighted by Crippen LogP contribution is 2.29. The molecule has 0 radical (unpaired) electrons. The number of nitrogen functional groups attached to an aromatic ring is 1. The first-order valence-electron chi connectivity index (χ1n) is 7.65. The first-order chi connectivity index (χ1) is 11.9. The maximum atomic E-state index is 12.4. The molecule has 0 aliphatic rings. The fourth-order valence-corrected chi connectivity index (χ4v) is 4.07. The van der Waals surface area contributed by atoms with Gasteiger partial charge in [0, 0.05) is 21.2 Å². The maximum absolute atomic E-state index is 12.4. The van der Waals surface area contributed by atoms with Crippen molar-refractivity contribution in [2.45, 2.75) is 21.6 Å². The van der Waals surface area contributed by atoms with E-state index in [9.17, 15) is 8.42 Å². The van der Waals surface area contributed by atoms with Gasteiger partial charge in [0.05, 0.1) is 4.90 Å². The van der Waals surface area contributed by atoms with Gasteiger partial charge in [-0.3, -0.25) is 4.72 Å². The van der Waals surface area contributed by atoms with Gasteiger partial charge in [0.2, 0.25) is 0 Å². The Bertz CT molecular complexity index is 950. The van der Waals surface area contributed by atoms with Crippen molar-refractivity contribution in [2.75, 3.05) is 10.5 Å². The van der Waals surface area contributed by atoms with Crippen LogP contribution in [0, 0.1) is 6.92 Å². The summed E-state index contributed by atoms with van der Waals surface area (Å²) in [5.74, 6) is 0. The minimum atomic E-state index is -3.58. The van der Waals surface area contributed by atoms with Gasteiger partial charge in [0.1, 0.15) is 0 Å². The van der Waals surface area contributed by atoms with Crippen molar-refractivity contribution in [2.24, 2.45) is 0 Å². The Morgan fingerprint density at radius 2 is 1.32 bits per heavy atom. The summed E-state index contributed by atoms with van der Waals surface area (Å²) in [4.78, 5) is 2.34. The Balaban J connectivity index is 1.71. The third kappa shape index (κ3) is 4.55. The van der Waals surface area contributed by atoms with Crippen molar-refractivity contribution in [3.8, 4) is 0 Å². The van der Waals surface area contributed by atoms with E-state index in [1.54, 1.807) is 48.2 Å². The molecular formula is C19H18N2O2S2. The number of rotatable bonds is 5. The van der Waals surface area contributed by atoms with Crippen molar-refractivity contribution >= 4 is 33.2 Å². The lowest BCUT2D eigenvalue weighted by atomic mass is 10.2. The monoisotopic (exact) mass is 370 g/mol. The molecule has 0 amide bonds. The molecule has 25 heavy (non-hydrogen) atoms. The zero-order valence-electron chi connectivity index (χ0n) is 13.6. The standard InChI is InChI=1S/C19H18N2O2S2/c1-14-2-12-19(13-3-14)25(22,23)21-16-6-10-18(11-7-16)24-17-8-4-15(20)5-9-17/h2-13,21H,20H2,1H3. The van der Waals surface area contributed by atoms with Crippen LogP contribution in [0.1, 0.15) is 5.56 Å². The molecule has 0 saturated carbocycles. The van der Waals surface area contributed by atoms with Gasteiger partial charge in [-0.05, 0) is 67.6 Å². The summed E-state index contributed by atoms with van der Waals surface area (Å²) in [6.07, 6.45) is 0. The Morgan fingerprint density at radius 1 is 0.800 bits per heavy atom. The molecule has 0 spiro atoms. The van der Waals surface area contributed by atoms with Gasteiger partial charge in [0.15, 0.2) is 0 Å². The highest BCUT2D eigenvalue weighted by Gasteiger charge is 2.13. The quantitative estimate of drug-likeness (QED) is 0.647. The molecule has 0 aromatic heterocycles. The normalized spacial score (nSPS) is 11.2. The zero-order chi connectivity index (χ0) is 17.9. The maximum Gasteiger partial charge on any atom is 0.261 e. The summed E-state index contributed by atoms with van der Waals surface area (Å²) >= 11 is 1.59. The predicted octanol–water partition coefficient (Wildman–Crippen LogP) is 4.53. The predicted molar refractivity (Wildman–Crippen MR) is 103 cm³/mol. The van der Waals surface area contributed by atoms with E-state index in [4.69, 9.17) is 5.73 Å². The first-order valence-corrected chi connectivity index (χ1v) is 9.95. The van der Waals surface area contributed by atoms with Crippen LogP contribution in [0.25, 0.3) is 0 Å². The molecule has 0 bridgehead atoms. The van der Waals surface area contributed by atoms with Gasteiger partial charge in [-0.2, -0.15) is 0 Å². The van der Waals surface area contributed by atoms with Crippen LogP contribution >= 0.6 is 11.8 Å². The van der Waals surface area contributed by atoms with Crippen LogP contribution in [-0.4, -0.2) is 8.42 Å². The number of benzene rings is 3. The second kappa shape index (κ2) is 7.21. The molecule has 6 heteroatoms. The average molecular weight is 370 g/mol. The van der Waals surface area contributed by atoms with E-state index in [0.717, 1.165) is 21.0 Å². The van der Waals surface area contributed by atoms with Crippen molar-refractivity contribution in [1.29, 1.82) is 0 Å². The Kier molecular flexibility index (Phi) is 5.01. The van der Waals surface area contributed by atoms with E-state index in [2.05, 4.69) is 4.72 Å². The number of nitrogens with one attached hydrogen (secondary N) is 1. The lowest BCUT2D eigenvalue weighted by Gasteiger charge is -2.09. The van der Waals surface area contributed by atoms with Crippen molar-refractivity contribution < 1.29 is 8.42 Å². The molecule has 0 unspecified atom stereocenters. The molecule has 0 heterocycles. The SMILES string of the molecule is Cc1ccc(S(=O)(=O)Nc2ccc(Sc3ccc(N)cc3)cc2)cc1. The molecule has 4 nitrogen and oxygen atoms in total.